The molecule has 0 aliphatic carbocycles. The highest BCUT2D eigenvalue weighted by Crippen LogP contribution is 2.28. The zero-order valence-corrected chi connectivity index (χ0v) is 6.70. The van der Waals surface area contributed by atoms with Crippen LogP contribution in [0.2, 0.25) is 0 Å². The van der Waals surface area contributed by atoms with E-state index in [2.05, 4.69) is 4.99 Å². The summed E-state index contributed by atoms with van der Waals surface area (Å²) < 4.78 is 0. The molecule has 0 radical (unpaired) electrons. The molecule has 0 fully saturated rings. The molecule has 11 heavy (non-hydrogen) atoms. The maximum absolute atomic E-state index is 9.31. The van der Waals surface area contributed by atoms with E-state index in [9.17, 15) is 5.11 Å². The molecule has 0 aliphatic heterocycles. The van der Waals surface area contributed by atoms with Gasteiger partial charge in [-0.05, 0) is 25.5 Å². The SMILES string of the molecule is CC=Nc1c(C)cccc1O. The number of aromatic hydroxyl groups is 1. The summed E-state index contributed by atoms with van der Waals surface area (Å²) in [5, 5.41) is 9.31. The Morgan fingerprint density at radius 2 is 2.18 bits per heavy atom. The summed E-state index contributed by atoms with van der Waals surface area (Å²) in [5.74, 6) is 0.239. The number of benzene rings is 1. The monoisotopic (exact) mass is 149 g/mol. The quantitative estimate of drug-likeness (QED) is 0.611. The van der Waals surface area contributed by atoms with Crippen molar-refractivity contribution in [3.05, 3.63) is 23.8 Å². The van der Waals surface area contributed by atoms with Crippen LogP contribution in [0.3, 0.4) is 0 Å². The minimum atomic E-state index is 0.239. The number of phenolic OH excluding ortho intramolecular Hbond substituents is 1. The number of phenols is 1. The Kier molecular flexibility index (Phi) is 2.26. The first-order valence-corrected chi connectivity index (χ1v) is 3.53. The molecule has 0 saturated heterocycles. The van der Waals surface area contributed by atoms with Gasteiger partial charge in [0.05, 0.1) is 0 Å². The van der Waals surface area contributed by atoms with Crippen molar-refractivity contribution < 1.29 is 5.11 Å². The Hall–Kier alpha value is -1.31. The van der Waals surface area contributed by atoms with Crippen LogP contribution in [0.4, 0.5) is 5.69 Å². The molecule has 0 spiro atoms. The molecule has 1 aromatic rings. The van der Waals surface area contributed by atoms with Gasteiger partial charge in [-0.1, -0.05) is 12.1 Å². The van der Waals surface area contributed by atoms with Crippen LogP contribution < -0.4 is 0 Å². The molecule has 0 saturated carbocycles. The number of hydrogen-bond donors (Lipinski definition) is 1. The van der Waals surface area contributed by atoms with Crippen molar-refractivity contribution in [2.24, 2.45) is 4.99 Å². The van der Waals surface area contributed by atoms with Crippen molar-refractivity contribution >= 4 is 11.9 Å². The van der Waals surface area contributed by atoms with Gasteiger partial charge in [0.2, 0.25) is 0 Å². The van der Waals surface area contributed by atoms with E-state index >= 15 is 0 Å². The standard InChI is InChI=1S/C9H11NO/c1-3-10-9-7(2)5-4-6-8(9)11/h3-6,11H,1-2H3. The highest BCUT2D eigenvalue weighted by atomic mass is 16.3. The van der Waals surface area contributed by atoms with E-state index in [0.29, 0.717) is 5.69 Å². The molecular weight excluding hydrogens is 138 g/mol. The van der Waals surface area contributed by atoms with Gasteiger partial charge in [0, 0.05) is 6.21 Å². The summed E-state index contributed by atoms with van der Waals surface area (Å²) in [7, 11) is 0. The summed E-state index contributed by atoms with van der Waals surface area (Å²) in [6, 6.07) is 5.36. The largest absolute Gasteiger partial charge is 0.506 e. The molecule has 1 rings (SSSR count). The molecule has 0 amide bonds. The predicted molar refractivity (Wildman–Crippen MR) is 46.7 cm³/mol. The summed E-state index contributed by atoms with van der Waals surface area (Å²) in [6.07, 6.45) is 1.67. The van der Waals surface area contributed by atoms with Gasteiger partial charge in [0.1, 0.15) is 11.4 Å². The summed E-state index contributed by atoms with van der Waals surface area (Å²) in [5.41, 5.74) is 1.65. The Morgan fingerprint density at radius 3 is 2.73 bits per heavy atom. The van der Waals surface area contributed by atoms with E-state index < -0.39 is 0 Å². The molecule has 0 atom stereocenters. The van der Waals surface area contributed by atoms with Gasteiger partial charge in [0.15, 0.2) is 0 Å². The van der Waals surface area contributed by atoms with Gasteiger partial charge < -0.3 is 5.11 Å². The number of para-hydroxylation sites is 1. The van der Waals surface area contributed by atoms with Crippen LogP contribution in [0.25, 0.3) is 0 Å². The van der Waals surface area contributed by atoms with Gasteiger partial charge in [-0.15, -0.1) is 0 Å². The molecule has 2 nitrogen and oxygen atoms in total. The van der Waals surface area contributed by atoms with Crippen molar-refractivity contribution in [2.75, 3.05) is 0 Å². The molecular formula is C9H11NO. The third-order valence-electron chi connectivity index (χ3n) is 1.47. The lowest BCUT2D eigenvalue weighted by Gasteiger charge is -2.00. The molecule has 1 aromatic carbocycles. The Balaban J connectivity index is 3.20. The minimum Gasteiger partial charge on any atom is -0.506 e. The maximum Gasteiger partial charge on any atom is 0.141 e. The zero-order valence-electron chi connectivity index (χ0n) is 6.70. The number of aryl methyl sites for hydroxylation is 1. The van der Waals surface area contributed by atoms with Crippen LogP contribution in [0.15, 0.2) is 23.2 Å². The van der Waals surface area contributed by atoms with Crippen LogP contribution in [0.5, 0.6) is 5.75 Å². The van der Waals surface area contributed by atoms with Crippen LogP contribution in [0.1, 0.15) is 12.5 Å². The van der Waals surface area contributed by atoms with E-state index in [0.717, 1.165) is 5.56 Å². The van der Waals surface area contributed by atoms with E-state index in [-0.39, 0.29) is 5.75 Å². The fraction of sp³-hybridized carbons (Fsp3) is 0.222. The van der Waals surface area contributed by atoms with Crippen LogP contribution >= 0.6 is 0 Å². The molecule has 0 aromatic heterocycles. The second-order valence-corrected chi connectivity index (χ2v) is 2.33. The highest BCUT2D eigenvalue weighted by Gasteiger charge is 1.99. The van der Waals surface area contributed by atoms with Crippen molar-refractivity contribution in [1.29, 1.82) is 0 Å². The maximum atomic E-state index is 9.31. The fourth-order valence-electron chi connectivity index (χ4n) is 0.941. The van der Waals surface area contributed by atoms with Crippen molar-refractivity contribution in [3.63, 3.8) is 0 Å². The molecule has 1 N–H and O–H groups in total. The minimum absolute atomic E-state index is 0.239. The van der Waals surface area contributed by atoms with Crippen LogP contribution in [-0.2, 0) is 0 Å². The smallest absolute Gasteiger partial charge is 0.141 e. The molecule has 0 heterocycles. The second kappa shape index (κ2) is 3.19. The molecule has 2 heteroatoms. The zero-order chi connectivity index (χ0) is 8.27. The molecule has 0 bridgehead atoms. The first-order chi connectivity index (χ1) is 5.25. The number of hydrogen-bond acceptors (Lipinski definition) is 2. The number of nitrogens with zero attached hydrogens (tertiary/aromatic N) is 1. The summed E-state index contributed by atoms with van der Waals surface area (Å²) in [4.78, 5) is 4.03. The predicted octanol–water partition coefficient (Wildman–Crippen LogP) is 2.42. The molecule has 0 aliphatic rings. The highest BCUT2D eigenvalue weighted by molar-refractivity contribution is 5.66. The van der Waals surface area contributed by atoms with Crippen LogP contribution in [0, 0.1) is 6.92 Å². The Bertz CT molecular complexity index is 259. The van der Waals surface area contributed by atoms with E-state index in [1.165, 1.54) is 0 Å². The number of rotatable bonds is 1. The van der Waals surface area contributed by atoms with Gasteiger partial charge in [0.25, 0.3) is 0 Å². The first kappa shape index (κ1) is 7.79. The topological polar surface area (TPSA) is 32.6 Å². The Labute approximate surface area is 66.2 Å². The molecule has 58 valence electrons. The molecule has 0 unspecified atom stereocenters. The Morgan fingerprint density at radius 1 is 1.45 bits per heavy atom. The van der Waals surface area contributed by atoms with Gasteiger partial charge in [-0.2, -0.15) is 0 Å². The van der Waals surface area contributed by atoms with E-state index in [4.69, 9.17) is 0 Å². The van der Waals surface area contributed by atoms with Crippen molar-refractivity contribution in [2.45, 2.75) is 13.8 Å². The lowest BCUT2D eigenvalue weighted by molar-refractivity contribution is 0.476. The van der Waals surface area contributed by atoms with Crippen molar-refractivity contribution in [3.8, 4) is 5.75 Å². The average molecular weight is 149 g/mol. The van der Waals surface area contributed by atoms with Gasteiger partial charge in [-0.25, -0.2) is 0 Å². The van der Waals surface area contributed by atoms with Gasteiger partial charge in [-0.3, -0.25) is 4.99 Å². The van der Waals surface area contributed by atoms with E-state index in [1.807, 2.05) is 19.9 Å². The van der Waals surface area contributed by atoms with Crippen LogP contribution in [-0.4, -0.2) is 11.3 Å². The normalized spacial score (nSPS) is 10.7. The van der Waals surface area contributed by atoms with E-state index in [1.54, 1.807) is 18.3 Å². The third-order valence-corrected chi connectivity index (χ3v) is 1.47. The average Bonchev–Trinajstić information content (AvgIpc) is 1.97. The second-order valence-electron chi connectivity index (χ2n) is 2.33. The lowest BCUT2D eigenvalue weighted by atomic mass is 10.2. The first-order valence-electron chi connectivity index (χ1n) is 3.53. The van der Waals surface area contributed by atoms with Gasteiger partial charge >= 0.3 is 0 Å². The third kappa shape index (κ3) is 1.58. The summed E-state index contributed by atoms with van der Waals surface area (Å²) in [6.45, 7) is 3.74. The summed E-state index contributed by atoms with van der Waals surface area (Å²) >= 11 is 0. The van der Waals surface area contributed by atoms with Crippen molar-refractivity contribution in [1.82, 2.24) is 0 Å². The lowest BCUT2D eigenvalue weighted by Crippen LogP contribution is -1.74. The fourth-order valence-corrected chi connectivity index (χ4v) is 0.941. The number of aliphatic imine (C=N–C) groups is 1.